The predicted octanol–water partition coefficient (Wildman–Crippen LogP) is 3.12. The summed E-state index contributed by atoms with van der Waals surface area (Å²) in [5.74, 6) is 0.128. The van der Waals surface area contributed by atoms with E-state index < -0.39 is 11.7 Å². The van der Waals surface area contributed by atoms with Gasteiger partial charge in [-0.3, -0.25) is 4.68 Å². The largest absolute Gasteiger partial charge is 0.421 e. The lowest BCUT2D eigenvalue weighted by atomic mass is 10.0. The van der Waals surface area contributed by atoms with Gasteiger partial charge in [0, 0.05) is 33.0 Å². The zero-order valence-corrected chi connectivity index (χ0v) is 14.6. The summed E-state index contributed by atoms with van der Waals surface area (Å²) in [4.78, 5) is 7.85. The molecule has 7 nitrogen and oxygen atoms in total. The van der Waals surface area contributed by atoms with Crippen molar-refractivity contribution in [2.24, 2.45) is 13.0 Å². The van der Waals surface area contributed by atoms with Gasteiger partial charge in [-0.25, -0.2) is 4.98 Å². The van der Waals surface area contributed by atoms with Gasteiger partial charge in [0.2, 0.25) is 5.95 Å². The van der Waals surface area contributed by atoms with Gasteiger partial charge in [-0.1, -0.05) is 0 Å². The van der Waals surface area contributed by atoms with Gasteiger partial charge < -0.3 is 15.4 Å². The van der Waals surface area contributed by atoms with Gasteiger partial charge >= 0.3 is 6.18 Å². The first kappa shape index (κ1) is 18.4. The van der Waals surface area contributed by atoms with E-state index in [2.05, 4.69) is 25.7 Å². The van der Waals surface area contributed by atoms with Crippen LogP contribution >= 0.6 is 0 Å². The fourth-order valence-electron chi connectivity index (χ4n) is 2.72. The van der Waals surface area contributed by atoms with E-state index in [1.165, 1.54) is 0 Å². The molecular formula is C16H21F3N6O. The molecule has 0 radical (unpaired) electrons. The Hall–Kier alpha value is -2.36. The van der Waals surface area contributed by atoms with Crippen molar-refractivity contribution in [1.82, 2.24) is 19.7 Å². The van der Waals surface area contributed by atoms with Crippen LogP contribution in [0, 0.1) is 12.8 Å². The number of nitrogens with zero attached hydrogens (tertiary/aromatic N) is 4. The highest BCUT2D eigenvalue weighted by Crippen LogP contribution is 2.34. The summed E-state index contributed by atoms with van der Waals surface area (Å²) in [6, 6.07) is 0. The maximum absolute atomic E-state index is 13.3. The highest BCUT2D eigenvalue weighted by molar-refractivity contribution is 5.58. The quantitative estimate of drug-likeness (QED) is 0.842. The summed E-state index contributed by atoms with van der Waals surface area (Å²) >= 11 is 0. The molecule has 0 aliphatic carbocycles. The molecule has 0 saturated carbocycles. The smallest absolute Gasteiger partial charge is 0.381 e. The minimum atomic E-state index is -4.53. The van der Waals surface area contributed by atoms with Gasteiger partial charge in [0.05, 0.1) is 17.6 Å². The molecular weight excluding hydrogens is 349 g/mol. The summed E-state index contributed by atoms with van der Waals surface area (Å²) in [5.41, 5.74) is 0.589. The van der Waals surface area contributed by atoms with Crippen molar-refractivity contribution in [3.8, 4) is 0 Å². The van der Waals surface area contributed by atoms with E-state index >= 15 is 0 Å². The lowest BCUT2D eigenvalue weighted by Crippen LogP contribution is -2.24. The predicted molar refractivity (Wildman–Crippen MR) is 90.3 cm³/mol. The minimum absolute atomic E-state index is 0.0866. The van der Waals surface area contributed by atoms with Crippen LogP contribution in [0.1, 0.15) is 24.1 Å². The summed E-state index contributed by atoms with van der Waals surface area (Å²) in [5, 5.41) is 9.85. The van der Waals surface area contributed by atoms with Gasteiger partial charge in [-0.15, -0.1) is 0 Å². The van der Waals surface area contributed by atoms with Crippen LogP contribution in [0.3, 0.4) is 0 Å². The molecule has 1 aliphatic rings. The second-order valence-corrected chi connectivity index (χ2v) is 6.28. The summed E-state index contributed by atoms with van der Waals surface area (Å²) in [6.07, 6.45) is -0.515. The van der Waals surface area contributed by atoms with Crippen LogP contribution in [-0.2, 0) is 18.0 Å². The molecule has 2 aromatic rings. The Labute approximate surface area is 149 Å². The van der Waals surface area contributed by atoms with Crippen molar-refractivity contribution < 1.29 is 17.9 Å². The maximum Gasteiger partial charge on any atom is 0.421 e. The van der Waals surface area contributed by atoms with E-state index in [-0.39, 0.29) is 17.7 Å². The van der Waals surface area contributed by atoms with Crippen molar-refractivity contribution in [1.29, 1.82) is 0 Å². The van der Waals surface area contributed by atoms with Crippen LogP contribution in [0.5, 0.6) is 0 Å². The monoisotopic (exact) mass is 370 g/mol. The van der Waals surface area contributed by atoms with Crippen LogP contribution in [-0.4, -0.2) is 39.5 Å². The number of rotatable bonds is 5. The zero-order chi connectivity index (χ0) is 18.7. The van der Waals surface area contributed by atoms with Gasteiger partial charge in [0.25, 0.3) is 0 Å². The van der Waals surface area contributed by atoms with Gasteiger partial charge in [-0.2, -0.15) is 23.3 Å². The fraction of sp³-hybridized carbons (Fsp3) is 0.562. The number of alkyl halides is 3. The normalized spacial score (nSPS) is 15.9. The van der Waals surface area contributed by atoms with Crippen molar-refractivity contribution in [3.63, 3.8) is 0 Å². The number of hydrogen-bond donors (Lipinski definition) is 2. The Morgan fingerprint density at radius 2 is 2.00 bits per heavy atom. The summed E-state index contributed by atoms with van der Waals surface area (Å²) < 4.78 is 46.7. The van der Waals surface area contributed by atoms with Gasteiger partial charge in [0.1, 0.15) is 11.4 Å². The molecule has 1 aliphatic heterocycles. The molecule has 0 bridgehead atoms. The highest BCUT2D eigenvalue weighted by atomic mass is 19.4. The van der Waals surface area contributed by atoms with Gasteiger partial charge in [0.15, 0.2) is 0 Å². The Bertz CT molecular complexity index is 755. The number of anilines is 3. The third kappa shape index (κ3) is 4.24. The number of aromatic nitrogens is 4. The topological polar surface area (TPSA) is 76.9 Å². The molecule has 2 aromatic heterocycles. The second kappa shape index (κ2) is 7.48. The van der Waals surface area contributed by atoms with Gasteiger partial charge in [-0.05, 0) is 25.7 Å². The van der Waals surface area contributed by atoms with E-state index in [0.717, 1.165) is 24.7 Å². The van der Waals surface area contributed by atoms with E-state index in [0.29, 0.717) is 25.4 Å². The third-order valence-electron chi connectivity index (χ3n) is 4.47. The standard InChI is InChI=1S/C16H21F3N6O/c1-10-13(9-22-25(10)2)23-15-21-8-12(16(17,18)19)14(24-15)20-7-11-3-5-26-6-4-11/h8-9,11H,3-7H2,1-2H3,(H2,20,21,23,24). The first-order valence-corrected chi connectivity index (χ1v) is 8.36. The Morgan fingerprint density at radius 1 is 1.27 bits per heavy atom. The Morgan fingerprint density at radius 3 is 2.62 bits per heavy atom. The second-order valence-electron chi connectivity index (χ2n) is 6.28. The maximum atomic E-state index is 13.3. The van der Waals surface area contributed by atoms with Crippen molar-refractivity contribution in [2.75, 3.05) is 30.4 Å². The molecule has 26 heavy (non-hydrogen) atoms. The molecule has 142 valence electrons. The lowest BCUT2D eigenvalue weighted by Gasteiger charge is -2.23. The molecule has 0 atom stereocenters. The van der Waals surface area contributed by atoms with Crippen LogP contribution in [0.25, 0.3) is 0 Å². The molecule has 0 spiro atoms. The van der Waals surface area contributed by atoms with E-state index in [1.807, 2.05) is 6.92 Å². The molecule has 1 fully saturated rings. The average Bonchev–Trinajstić information content (AvgIpc) is 2.92. The van der Waals surface area contributed by atoms with E-state index in [1.54, 1.807) is 17.9 Å². The fourth-order valence-corrected chi connectivity index (χ4v) is 2.72. The molecule has 0 aromatic carbocycles. The van der Waals surface area contributed by atoms with Crippen LogP contribution in [0.4, 0.5) is 30.6 Å². The first-order chi connectivity index (χ1) is 12.3. The molecule has 3 rings (SSSR count). The average molecular weight is 370 g/mol. The number of aryl methyl sites for hydroxylation is 1. The van der Waals surface area contributed by atoms with Crippen molar-refractivity contribution in [2.45, 2.75) is 25.9 Å². The third-order valence-corrected chi connectivity index (χ3v) is 4.47. The van der Waals surface area contributed by atoms with Crippen molar-refractivity contribution >= 4 is 17.5 Å². The van der Waals surface area contributed by atoms with E-state index in [4.69, 9.17) is 4.74 Å². The SMILES string of the molecule is Cc1c(Nc2ncc(C(F)(F)F)c(NCC3CCOCC3)n2)cnn1C. The highest BCUT2D eigenvalue weighted by Gasteiger charge is 2.35. The van der Waals surface area contributed by atoms with Crippen molar-refractivity contribution in [3.05, 3.63) is 23.7 Å². The first-order valence-electron chi connectivity index (χ1n) is 8.36. The number of hydrogen-bond acceptors (Lipinski definition) is 6. The molecule has 0 unspecified atom stereocenters. The van der Waals surface area contributed by atoms with Crippen LogP contribution in [0.15, 0.2) is 12.4 Å². The zero-order valence-electron chi connectivity index (χ0n) is 14.6. The Balaban J connectivity index is 1.80. The van der Waals surface area contributed by atoms with Crippen LogP contribution in [0.2, 0.25) is 0 Å². The molecule has 0 amide bonds. The number of nitrogens with one attached hydrogen (secondary N) is 2. The Kier molecular flexibility index (Phi) is 5.30. The van der Waals surface area contributed by atoms with Crippen LogP contribution < -0.4 is 10.6 Å². The molecule has 10 heteroatoms. The van der Waals surface area contributed by atoms with E-state index in [9.17, 15) is 13.2 Å². The molecule has 1 saturated heterocycles. The molecule has 2 N–H and O–H groups in total. The summed E-state index contributed by atoms with van der Waals surface area (Å²) in [7, 11) is 1.77. The minimum Gasteiger partial charge on any atom is -0.381 e. The summed E-state index contributed by atoms with van der Waals surface area (Å²) in [6.45, 7) is 3.52. The molecule has 3 heterocycles. The number of halogens is 3. The number of ether oxygens (including phenoxy) is 1. The lowest BCUT2D eigenvalue weighted by molar-refractivity contribution is -0.137.